The molecule has 198 valence electrons. The Labute approximate surface area is 245 Å². The highest BCUT2D eigenvalue weighted by Crippen LogP contribution is 2.64. The second-order valence-corrected chi connectivity index (χ2v) is 16.2. The fraction of sp³-hybridized carbons (Fsp3) is 0.105. The summed E-state index contributed by atoms with van der Waals surface area (Å²) in [5.41, 5.74) is 8.12. The Kier molecular flexibility index (Phi) is 5.80. The Bertz CT molecular complexity index is 1630. The van der Waals surface area contributed by atoms with Gasteiger partial charge in [0.2, 0.25) is 0 Å². The molecular formula is C38H32N2Si. The minimum atomic E-state index is -2.11. The minimum absolute atomic E-state index is 1.25. The van der Waals surface area contributed by atoms with Gasteiger partial charge in [0.1, 0.15) is 0 Å². The highest BCUT2D eigenvalue weighted by atomic mass is 28.3. The monoisotopic (exact) mass is 544 g/mol. The van der Waals surface area contributed by atoms with Crippen LogP contribution in [0.3, 0.4) is 0 Å². The number of nitrogens with zero attached hydrogens (tertiary/aromatic N) is 2. The fourth-order valence-corrected chi connectivity index (χ4v) is 11.8. The molecule has 2 nitrogen and oxygen atoms in total. The van der Waals surface area contributed by atoms with E-state index < -0.39 is 8.07 Å². The van der Waals surface area contributed by atoms with Gasteiger partial charge < -0.3 is 9.13 Å². The Morgan fingerprint density at radius 3 is 1.44 bits per heavy atom. The molecule has 4 aromatic rings. The van der Waals surface area contributed by atoms with Crippen LogP contribution >= 0.6 is 0 Å². The maximum absolute atomic E-state index is 2.55. The van der Waals surface area contributed by atoms with Crippen LogP contribution in [-0.2, 0) is 0 Å². The van der Waals surface area contributed by atoms with E-state index in [2.05, 4.69) is 158 Å². The van der Waals surface area contributed by atoms with E-state index in [0.29, 0.717) is 0 Å². The summed E-state index contributed by atoms with van der Waals surface area (Å²) in [5, 5.41) is 2.54. The maximum Gasteiger partial charge on any atom is 0.0642 e. The number of hydrogen-bond acceptors (Lipinski definition) is 0. The predicted octanol–water partition coefficient (Wildman–Crippen LogP) is 8.98. The zero-order valence-electron chi connectivity index (χ0n) is 23.9. The number of benzene rings is 2. The van der Waals surface area contributed by atoms with Gasteiger partial charge in [0.25, 0.3) is 0 Å². The molecule has 0 bridgehead atoms. The summed E-state index contributed by atoms with van der Waals surface area (Å²) in [6, 6.07) is 21.7. The van der Waals surface area contributed by atoms with Crippen LogP contribution < -0.4 is 0 Å². The van der Waals surface area contributed by atoms with Crippen molar-refractivity contribution < 1.29 is 0 Å². The largest absolute Gasteiger partial charge is 0.320 e. The van der Waals surface area contributed by atoms with E-state index in [1.165, 1.54) is 68.7 Å². The van der Waals surface area contributed by atoms with Crippen molar-refractivity contribution in [1.82, 2.24) is 9.13 Å². The molecule has 0 atom stereocenters. The van der Waals surface area contributed by atoms with Gasteiger partial charge in [0.05, 0.1) is 19.1 Å². The second-order valence-electron chi connectivity index (χ2n) is 12.0. The Morgan fingerprint density at radius 2 is 0.976 bits per heavy atom. The Hall–Kier alpha value is -3.30. The molecule has 2 aromatic carbocycles. The van der Waals surface area contributed by atoms with E-state index in [0.717, 1.165) is 0 Å². The zero-order valence-corrected chi connectivity index (χ0v) is 24.9. The van der Waals surface area contributed by atoms with Gasteiger partial charge in [-0.3, -0.25) is 0 Å². The topological polar surface area (TPSA) is 9.86 Å². The van der Waals surface area contributed by atoms with Crippen molar-refractivity contribution in [3.63, 3.8) is 0 Å². The van der Waals surface area contributed by atoms with Gasteiger partial charge >= 0.3 is 0 Å². The van der Waals surface area contributed by atoms with Gasteiger partial charge in [-0.05, 0) is 82.9 Å². The second kappa shape index (κ2) is 9.36. The smallest absolute Gasteiger partial charge is 0.0642 e. The molecule has 2 aromatic heterocycles. The van der Waals surface area contributed by atoms with Crippen molar-refractivity contribution >= 4 is 41.3 Å². The molecule has 0 aliphatic heterocycles. The van der Waals surface area contributed by atoms with Gasteiger partial charge in [0, 0.05) is 47.5 Å². The first kappa shape index (κ1) is 25.4. The van der Waals surface area contributed by atoms with Crippen molar-refractivity contribution in [3.05, 3.63) is 169 Å². The van der Waals surface area contributed by atoms with Gasteiger partial charge in [-0.1, -0.05) is 87.6 Å². The third-order valence-corrected chi connectivity index (χ3v) is 13.0. The average molecular weight is 545 g/mol. The van der Waals surface area contributed by atoms with Crippen molar-refractivity contribution in [2.75, 3.05) is 0 Å². The molecule has 0 amide bonds. The third-order valence-electron chi connectivity index (χ3n) is 9.18. The summed E-state index contributed by atoms with van der Waals surface area (Å²) >= 11 is 0. The number of para-hydroxylation sites is 2. The van der Waals surface area contributed by atoms with Gasteiger partial charge in [-0.15, -0.1) is 0 Å². The van der Waals surface area contributed by atoms with Gasteiger partial charge in [-0.25, -0.2) is 0 Å². The molecule has 2 saturated carbocycles. The summed E-state index contributed by atoms with van der Waals surface area (Å²) in [6.07, 6.45) is 23.0. The summed E-state index contributed by atoms with van der Waals surface area (Å²) in [4.78, 5) is 0. The fourth-order valence-electron chi connectivity index (χ4n) is 7.64. The standard InChI is InChI=1S/C38H32N2Si/c1-25-23-31-29(13-9-17-35(31)39-21-19-27-11-5-7-15-33(27)39)37(25)41(3,4)38-26(2)24-32-30(38)14-10-18-36(32)40-22-20-28-12-6-8-16-34(28)40/h5-24H,1-4H3. The van der Waals surface area contributed by atoms with E-state index in [1.54, 1.807) is 11.1 Å². The molecule has 10 radical (unpaired) electrons. The molecule has 4 aliphatic rings. The van der Waals surface area contributed by atoms with E-state index in [9.17, 15) is 0 Å². The van der Waals surface area contributed by atoms with Crippen molar-refractivity contribution in [3.8, 4) is 0 Å². The summed E-state index contributed by atoms with van der Waals surface area (Å²) < 4.78 is 4.71. The molecule has 3 heteroatoms. The Morgan fingerprint density at radius 1 is 0.537 bits per heavy atom. The van der Waals surface area contributed by atoms with Gasteiger partial charge in [-0.2, -0.15) is 0 Å². The lowest BCUT2D eigenvalue weighted by Crippen LogP contribution is -2.48. The summed E-state index contributed by atoms with van der Waals surface area (Å²) in [6.45, 7) is 9.73. The van der Waals surface area contributed by atoms with Gasteiger partial charge in [0.15, 0.2) is 0 Å². The van der Waals surface area contributed by atoms with Crippen LogP contribution in [0, 0.1) is 59.4 Å². The third kappa shape index (κ3) is 3.74. The molecule has 0 saturated heterocycles. The van der Waals surface area contributed by atoms with Crippen molar-refractivity contribution in [2.24, 2.45) is 0 Å². The predicted molar refractivity (Wildman–Crippen MR) is 174 cm³/mol. The van der Waals surface area contributed by atoms with Crippen LogP contribution in [0.5, 0.6) is 0 Å². The average Bonchev–Trinajstić information content (AvgIpc) is 3.74. The number of aromatic nitrogens is 2. The lowest BCUT2D eigenvalue weighted by atomic mass is 9.88. The van der Waals surface area contributed by atoms with Crippen LogP contribution in [0.4, 0.5) is 0 Å². The summed E-state index contributed by atoms with van der Waals surface area (Å²) in [7, 11) is -2.11. The molecule has 0 N–H and O–H groups in total. The highest BCUT2D eigenvalue weighted by Gasteiger charge is 2.60. The lowest BCUT2D eigenvalue weighted by molar-refractivity contribution is 1.04. The summed E-state index contributed by atoms with van der Waals surface area (Å²) in [5.74, 6) is 8.29. The Balaban J connectivity index is 1.12. The molecule has 4 aliphatic carbocycles. The molecule has 2 fully saturated rings. The number of rotatable bonds is 4. The molecule has 41 heavy (non-hydrogen) atoms. The van der Waals surface area contributed by atoms with E-state index in [4.69, 9.17) is 0 Å². The van der Waals surface area contributed by atoms with Crippen molar-refractivity contribution in [1.29, 1.82) is 0 Å². The van der Waals surface area contributed by atoms with E-state index in [1.807, 2.05) is 0 Å². The first-order valence-electron chi connectivity index (χ1n) is 14.5. The van der Waals surface area contributed by atoms with Crippen LogP contribution in [0.1, 0.15) is 13.8 Å². The number of allylic oxidation sites excluding steroid dienone is 8. The molecule has 8 rings (SSSR count). The lowest BCUT2D eigenvalue weighted by Gasteiger charge is -2.44. The SMILES string of the molecule is C[C]1[CH][C]2[C](C=CC=C2n2ccc3ccccc32)[C]1[Si](C)(C)[C]1[C](C)[CH][C]2[C]1C=CC=C2n1ccc2ccccc21. The normalized spacial score (nSPS) is 22.2. The first-order valence-corrected chi connectivity index (χ1v) is 17.5. The highest BCUT2D eigenvalue weighted by molar-refractivity contribution is 6.90. The number of fused-ring (bicyclic) bond motifs is 4. The van der Waals surface area contributed by atoms with Crippen LogP contribution in [0.15, 0.2) is 110 Å². The molecule has 0 unspecified atom stereocenters. The quantitative estimate of drug-likeness (QED) is 0.227. The van der Waals surface area contributed by atoms with Crippen LogP contribution in [0.25, 0.3) is 33.2 Å². The molecule has 0 spiro atoms. The van der Waals surface area contributed by atoms with Crippen molar-refractivity contribution in [2.45, 2.75) is 26.9 Å². The van der Waals surface area contributed by atoms with E-state index in [-0.39, 0.29) is 0 Å². The minimum Gasteiger partial charge on any atom is -0.320 e. The molecule has 2 heterocycles. The maximum atomic E-state index is 2.55. The molecular weight excluding hydrogens is 513 g/mol. The van der Waals surface area contributed by atoms with Crippen LogP contribution in [-0.4, -0.2) is 17.2 Å². The van der Waals surface area contributed by atoms with Crippen LogP contribution in [0.2, 0.25) is 13.1 Å². The number of hydrogen-bond donors (Lipinski definition) is 0. The van der Waals surface area contributed by atoms with E-state index >= 15 is 0 Å². The zero-order chi connectivity index (χ0) is 27.9. The first-order chi connectivity index (χ1) is 19.9.